The molecular weight excluding hydrogens is 126 g/mol. The van der Waals surface area contributed by atoms with Gasteiger partial charge in [0, 0.05) is 0 Å². The number of hydrogen-bond donors (Lipinski definition) is 1. The highest BCUT2D eigenvalue weighted by molar-refractivity contribution is 5.36. The third-order valence-electron chi connectivity index (χ3n) is 1.20. The first-order valence-electron chi connectivity index (χ1n) is 2.86. The average molecular weight is 133 g/mol. The molecule has 0 saturated carbocycles. The van der Waals surface area contributed by atoms with Crippen molar-refractivity contribution in [2.24, 2.45) is 0 Å². The highest BCUT2D eigenvalue weighted by Gasteiger charge is 1.95. The Balaban J connectivity index is 3.23. The molecule has 0 atom stereocenters. The summed E-state index contributed by atoms with van der Waals surface area (Å²) in [5, 5.41) is 8.90. The minimum atomic E-state index is 0.150. The smallest absolute Gasteiger partial charge is 0.134 e. The number of aromatic hydroxyl groups is 1. The zero-order chi connectivity index (χ0) is 7.56. The highest BCUT2D eigenvalue weighted by Crippen LogP contribution is 2.10. The number of rotatable bonds is 0. The molecule has 0 amide bonds. The lowest BCUT2D eigenvalue weighted by Gasteiger charge is -1.95. The Morgan fingerprint density at radius 3 is 2.90 bits per heavy atom. The van der Waals surface area contributed by atoms with Crippen molar-refractivity contribution in [2.75, 3.05) is 0 Å². The van der Waals surface area contributed by atoms with Crippen LogP contribution in [0.25, 0.3) is 0 Å². The second-order valence-corrected chi connectivity index (χ2v) is 2.00. The van der Waals surface area contributed by atoms with Crippen LogP contribution in [0.5, 0.6) is 5.75 Å². The molecule has 1 aromatic heterocycles. The molecule has 50 valence electrons. The summed E-state index contributed by atoms with van der Waals surface area (Å²) < 4.78 is 0. The van der Waals surface area contributed by atoms with Gasteiger partial charge in [-0.2, -0.15) is 0 Å². The van der Waals surface area contributed by atoms with Crippen LogP contribution in [0.2, 0.25) is 0 Å². The van der Waals surface area contributed by atoms with Crippen LogP contribution in [0.1, 0.15) is 11.3 Å². The SMILES string of the molecule is C#Cc1ncc(O)cc1C. The molecule has 0 radical (unpaired) electrons. The average Bonchev–Trinajstić information content (AvgIpc) is 1.88. The van der Waals surface area contributed by atoms with Crippen molar-refractivity contribution in [3.05, 3.63) is 23.5 Å². The Labute approximate surface area is 59.5 Å². The quantitative estimate of drug-likeness (QED) is 0.537. The second kappa shape index (κ2) is 2.40. The van der Waals surface area contributed by atoms with Gasteiger partial charge in [0.1, 0.15) is 11.4 Å². The van der Waals surface area contributed by atoms with Crippen molar-refractivity contribution in [2.45, 2.75) is 6.92 Å². The molecule has 0 unspecified atom stereocenters. The lowest BCUT2D eigenvalue weighted by molar-refractivity contribution is 0.472. The van der Waals surface area contributed by atoms with E-state index in [2.05, 4.69) is 10.9 Å². The van der Waals surface area contributed by atoms with Crippen molar-refractivity contribution in [3.63, 3.8) is 0 Å². The number of aromatic nitrogens is 1. The third-order valence-corrected chi connectivity index (χ3v) is 1.20. The van der Waals surface area contributed by atoms with Gasteiger partial charge in [-0.25, -0.2) is 4.98 Å². The Hall–Kier alpha value is -1.49. The maximum atomic E-state index is 8.90. The lowest BCUT2D eigenvalue weighted by Crippen LogP contribution is -1.85. The van der Waals surface area contributed by atoms with E-state index in [0.717, 1.165) is 5.56 Å². The minimum Gasteiger partial charge on any atom is -0.506 e. The van der Waals surface area contributed by atoms with Crippen molar-refractivity contribution in [1.82, 2.24) is 4.98 Å². The first kappa shape index (κ1) is 6.63. The number of aryl methyl sites for hydroxylation is 1. The predicted molar refractivity (Wildman–Crippen MR) is 38.6 cm³/mol. The second-order valence-electron chi connectivity index (χ2n) is 2.00. The van der Waals surface area contributed by atoms with E-state index in [0.29, 0.717) is 5.69 Å². The van der Waals surface area contributed by atoms with Gasteiger partial charge in [-0.1, -0.05) is 0 Å². The topological polar surface area (TPSA) is 33.1 Å². The Morgan fingerprint density at radius 2 is 2.40 bits per heavy atom. The zero-order valence-electron chi connectivity index (χ0n) is 5.63. The molecular formula is C8H7NO. The molecule has 0 aromatic carbocycles. The standard InChI is InChI=1S/C8H7NO/c1-3-8-6(2)4-7(10)5-9-8/h1,4-5,10H,2H3. The van der Waals surface area contributed by atoms with Gasteiger partial charge in [0.25, 0.3) is 0 Å². The van der Waals surface area contributed by atoms with E-state index in [4.69, 9.17) is 11.5 Å². The van der Waals surface area contributed by atoms with Gasteiger partial charge < -0.3 is 5.11 Å². The van der Waals surface area contributed by atoms with Crippen LogP contribution in [-0.4, -0.2) is 10.1 Å². The fourth-order valence-electron chi connectivity index (χ4n) is 0.711. The van der Waals surface area contributed by atoms with Gasteiger partial charge in [-0.3, -0.25) is 0 Å². The van der Waals surface area contributed by atoms with Crippen LogP contribution < -0.4 is 0 Å². The summed E-state index contributed by atoms with van der Waals surface area (Å²) in [6, 6.07) is 1.59. The first-order valence-corrected chi connectivity index (χ1v) is 2.86. The normalized spacial score (nSPS) is 8.80. The maximum Gasteiger partial charge on any atom is 0.134 e. The minimum absolute atomic E-state index is 0.150. The van der Waals surface area contributed by atoms with Crippen LogP contribution in [-0.2, 0) is 0 Å². The molecule has 1 rings (SSSR count). The fraction of sp³-hybridized carbons (Fsp3) is 0.125. The number of terminal acetylenes is 1. The molecule has 2 nitrogen and oxygen atoms in total. The monoisotopic (exact) mass is 133 g/mol. The van der Waals surface area contributed by atoms with Gasteiger partial charge in [0.2, 0.25) is 0 Å². The summed E-state index contributed by atoms with van der Waals surface area (Å²) in [4.78, 5) is 3.81. The molecule has 0 saturated heterocycles. The number of nitrogens with zero attached hydrogens (tertiary/aromatic N) is 1. The number of hydrogen-bond acceptors (Lipinski definition) is 2. The highest BCUT2D eigenvalue weighted by atomic mass is 16.3. The molecule has 0 bridgehead atoms. The molecule has 1 aromatic rings. The Morgan fingerprint density at radius 1 is 1.70 bits per heavy atom. The molecule has 0 aliphatic heterocycles. The molecule has 0 fully saturated rings. The van der Waals surface area contributed by atoms with E-state index < -0.39 is 0 Å². The third kappa shape index (κ3) is 1.08. The van der Waals surface area contributed by atoms with Crippen LogP contribution in [0, 0.1) is 19.3 Å². The van der Waals surface area contributed by atoms with Crippen molar-refractivity contribution in [3.8, 4) is 18.1 Å². The van der Waals surface area contributed by atoms with Crippen molar-refractivity contribution < 1.29 is 5.11 Å². The van der Waals surface area contributed by atoms with E-state index in [1.807, 2.05) is 6.92 Å². The van der Waals surface area contributed by atoms with E-state index in [1.165, 1.54) is 6.20 Å². The van der Waals surface area contributed by atoms with E-state index in [1.54, 1.807) is 6.07 Å². The summed E-state index contributed by atoms with van der Waals surface area (Å²) in [7, 11) is 0. The summed E-state index contributed by atoms with van der Waals surface area (Å²) >= 11 is 0. The largest absolute Gasteiger partial charge is 0.506 e. The summed E-state index contributed by atoms with van der Waals surface area (Å²) in [5.41, 5.74) is 1.40. The maximum absolute atomic E-state index is 8.90. The number of pyridine rings is 1. The molecule has 0 aliphatic rings. The lowest BCUT2D eigenvalue weighted by atomic mass is 10.2. The molecule has 10 heavy (non-hydrogen) atoms. The van der Waals surface area contributed by atoms with E-state index >= 15 is 0 Å². The van der Waals surface area contributed by atoms with Gasteiger partial charge in [-0.05, 0) is 24.5 Å². The van der Waals surface area contributed by atoms with Gasteiger partial charge in [0.05, 0.1) is 6.20 Å². The molecule has 2 heteroatoms. The van der Waals surface area contributed by atoms with Crippen LogP contribution in [0.3, 0.4) is 0 Å². The first-order chi connectivity index (χ1) is 4.74. The molecule has 0 aliphatic carbocycles. The summed E-state index contributed by atoms with van der Waals surface area (Å²) in [5.74, 6) is 2.55. The fourth-order valence-corrected chi connectivity index (χ4v) is 0.711. The predicted octanol–water partition coefficient (Wildman–Crippen LogP) is 1.08. The summed E-state index contributed by atoms with van der Waals surface area (Å²) in [6.07, 6.45) is 6.44. The molecule has 1 N–H and O–H groups in total. The molecule has 0 spiro atoms. The van der Waals surface area contributed by atoms with Crippen LogP contribution in [0.4, 0.5) is 0 Å². The van der Waals surface area contributed by atoms with Gasteiger partial charge in [-0.15, -0.1) is 6.42 Å². The van der Waals surface area contributed by atoms with E-state index in [-0.39, 0.29) is 5.75 Å². The van der Waals surface area contributed by atoms with Crippen molar-refractivity contribution in [1.29, 1.82) is 0 Å². The Bertz CT molecular complexity index is 286. The zero-order valence-corrected chi connectivity index (χ0v) is 5.63. The van der Waals surface area contributed by atoms with Gasteiger partial charge >= 0.3 is 0 Å². The summed E-state index contributed by atoms with van der Waals surface area (Å²) in [6.45, 7) is 1.81. The van der Waals surface area contributed by atoms with Gasteiger partial charge in [0.15, 0.2) is 0 Å². The van der Waals surface area contributed by atoms with Crippen LogP contribution in [0.15, 0.2) is 12.3 Å². The van der Waals surface area contributed by atoms with Crippen molar-refractivity contribution >= 4 is 0 Å². The van der Waals surface area contributed by atoms with E-state index in [9.17, 15) is 0 Å². The molecule has 1 heterocycles. The van der Waals surface area contributed by atoms with Crippen LogP contribution >= 0.6 is 0 Å². The Kier molecular flexibility index (Phi) is 1.59.